The molecule has 0 saturated heterocycles. The normalized spacial score (nSPS) is 11.1. The second-order valence-corrected chi connectivity index (χ2v) is 9.55. The second-order valence-electron chi connectivity index (χ2n) is 7.03. The van der Waals surface area contributed by atoms with Gasteiger partial charge in [0, 0.05) is 5.69 Å². The van der Waals surface area contributed by atoms with E-state index in [-0.39, 0.29) is 12.2 Å². The van der Waals surface area contributed by atoms with Gasteiger partial charge in [-0.1, -0.05) is 48.3 Å². The summed E-state index contributed by atoms with van der Waals surface area (Å²) in [4.78, 5) is 12.6. The lowest BCUT2D eigenvalue weighted by Gasteiger charge is -2.12. The molecule has 1 amide bonds. The molecule has 33 heavy (non-hydrogen) atoms. The molecule has 0 aliphatic heterocycles. The zero-order chi connectivity index (χ0) is 24.0. The van der Waals surface area contributed by atoms with E-state index < -0.39 is 5.91 Å². The number of carbonyl (C=O) groups excluding carboxylic acids is 1. The van der Waals surface area contributed by atoms with Crippen LogP contribution in [0.25, 0.3) is 6.08 Å². The first kappa shape index (κ1) is 25.3. The summed E-state index contributed by atoms with van der Waals surface area (Å²) in [7, 11) is 0. The Morgan fingerprint density at radius 1 is 1.03 bits per heavy atom. The molecular weight excluding hydrogens is 591 g/mol. The molecular formula is C25H18Br2Cl2N2O2. The van der Waals surface area contributed by atoms with E-state index in [2.05, 4.69) is 44.1 Å². The molecule has 0 aliphatic carbocycles. The van der Waals surface area contributed by atoms with E-state index in [0.29, 0.717) is 36.0 Å². The SMILES string of the molecule is CCc1ccc(NC(=O)/C(C#N)=C/c2cc(Br)c(OCc3ccc(Cl)c(Cl)c3)c(Br)c2)cc1. The Hall–Kier alpha value is -2.30. The van der Waals surface area contributed by atoms with Crippen LogP contribution in [0.15, 0.2) is 69.1 Å². The molecule has 0 fully saturated rings. The Balaban J connectivity index is 1.75. The zero-order valence-electron chi connectivity index (χ0n) is 17.5. The maximum Gasteiger partial charge on any atom is 0.266 e. The van der Waals surface area contributed by atoms with Crippen LogP contribution in [0, 0.1) is 11.3 Å². The van der Waals surface area contributed by atoms with Gasteiger partial charge in [-0.25, -0.2) is 0 Å². The van der Waals surface area contributed by atoms with E-state index in [1.54, 1.807) is 24.3 Å². The van der Waals surface area contributed by atoms with Gasteiger partial charge in [-0.3, -0.25) is 4.79 Å². The van der Waals surface area contributed by atoms with Crippen LogP contribution in [-0.2, 0) is 17.8 Å². The number of nitrogens with one attached hydrogen (secondary N) is 1. The topological polar surface area (TPSA) is 62.1 Å². The summed E-state index contributed by atoms with van der Waals surface area (Å²) in [6.07, 6.45) is 2.43. The Kier molecular flexibility index (Phi) is 8.99. The van der Waals surface area contributed by atoms with Crippen molar-refractivity contribution in [2.75, 3.05) is 5.32 Å². The van der Waals surface area contributed by atoms with Crippen molar-refractivity contribution in [3.63, 3.8) is 0 Å². The van der Waals surface area contributed by atoms with Gasteiger partial charge in [0.25, 0.3) is 5.91 Å². The summed E-state index contributed by atoms with van der Waals surface area (Å²) in [5.41, 5.74) is 3.30. The lowest BCUT2D eigenvalue weighted by Crippen LogP contribution is -2.13. The van der Waals surface area contributed by atoms with Crippen molar-refractivity contribution in [1.82, 2.24) is 0 Å². The number of rotatable bonds is 7. The minimum atomic E-state index is -0.478. The third-order valence-corrected chi connectivity index (χ3v) is 6.60. The Bertz CT molecular complexity index is 1230. The Labute approximate surface area is 219 Å². The molecule has 0 atom stereocenters. The number of ether oxygens (including phenoxy) is 1. The maximum absolute atomic E-state index is 12.6. The number of amides is 1. The van der Waals surface area contributed by atoms with Gasteiger partial charge >= 0.3 is 0 Å². The molecule has 0 radical (unpaired) electrons. The predicted octanol–water partition coefficient (Wildman–Crippen LogP) is 8.21. The van der Waals surface area contributed by atoms with Crippen molar-refractivity contribution in [3.8, 4) is 11.8 Å². The van der Waals surface area contributed by atoms with Crippen LogP contribution in [0.4, 0.5) is 5.69 Å². The van der Waals surface area contributed by atoms with Crippen LogP contribution >= 0.6 is 55.1 Å². The lowest BCUT2D eigenvalue weighted by molar-refractivity contribution is -0.112. The van der Waals surface area contributed by atoms with E-state index in [0.717, 1.165) is 12.0 Å². The highest BCUT2D eigenvalue weighted by Gasteiger charge is 2.13. The van der Waals surface area contributed by atoms with Gasteiger partial charge < -0.3 is 10.1 Å². The van der Waals surface area contributed by atoms with E-state index >= 15 is 0 Å². The first-order valence-electron chi connectivity index (χ1n) is 9.88. The Morgan fingerprint density at radius 3 is 2.24 bits per heavy atom. The van der Waals surface area contributed by atoms with Gasteiger partial charge in [-0.15, -0.1) is 0 Å². The van der Waals surface area contributed by atoms with E-state index in [1.807, 2.05) is 36.4 Å². The number of aryl methyl sites for hydroxylation is 1. The summed E-state index contributed by atoms with van der Waals surface area (Å²) in [5.74, 6) is 0.103. The summed E-state index contributed by atoms with van der Waals surface area (Å²) in [6, 6.07) is 18.3. The van der Waals surface area contributed by atoms with Crippen molar-refractivity contribution >= 4 is 72.7 Å². The van der Waals surface area contributed by atoms with Gasteiger partial charge in [0.15, 0.2) is 0 Å². The van der Waals surface area contributed by atoms with Gasteiger partial charge in [-0.2, -0.15) is 5.26 Å². The fraction of sp³-hybridized carbons (Fsp3) is 0.120. The monoisotopic (exact) mass is 606 g/mol. The van der Waals surface area contributed by atoms with Crippen LogP contribution in [0.5, 0.6) is 5.75 Å². The zero-order valence-corrected chi connectivity index (χ0v) is 22.1. The molecule has 4 nitrogen and oxygen atoms in total. The number of nitrogens with zero attached hydrogens (tertiary/aromatic N) is 1. The fourth-order valence-corrected chi connectivity index (χ4v) is 4.69. The minimum Gasteiger partial charge on any atom is -0.487 e. The van der Waals surface area contributed by atoms with Gasteiger partial charge in [0.1, 0.15) is 24.0 Å². The standard InChI is InChI=1S/C25H18Br2Cl2N2O2/c1-2-15-3-6-19(7-4-15)31-25(32)18(13-30)9-17-10-20(26)24(21(27)11-17)33-14-16-5-8-22(28)23(29)12-16/h3-12H,2,14H2,1H3,(H,31,32)/b18-9+. The number of nitriles is 1. The first-order chi connectivity index (χ1) is 15.8. The van der Waals surface area contributed by atoms with Gasteiger partial charge in [0.2, 0.25) is 0 Å². The number of carbonyl (C=O) groups is 1. The van der Waals surface area contributed by atoms with Crippen molar-refractivity contribution < 1.29 is 9.53 Å². The second kappa shape index (κ2) is 11.7. The number of hydrogen-bond acceptors (Lipinski definition) is 3. The van der Waals surface area contributed by atoms with E-state index in [4.69, 9.17) is 27.9 Å². The molecule has 3 aromatic carbocycles. The van der Waals surface area contributed by atoms with Gasteiger partial charge in [-0.05, 0) is 97.4 Å². The maximum atomic E-state index is 12.6. The molecule has 0 spiro atoms. The van der Waals surface area contributed by atoms with Crippen LogP contribution in [0.2, 0.25) is 10.0 Å². The van der Waals surface area contributed by atoms with Crippen LogP contribution in [0.3, 0.4) is 0 Å². The lowest BCUT2D eigenvalue weighted by atomic mass is 10.1. The average molecular weight is 609 g/mol. The fourth-order valence-electron chi connectivity index (χ4n) is 2.92. The van der Waals surface area contributed by atoms with Crippen LogP contribution in [-0.4, -0.2) is 5.91 Å². The van der Waals surface area contributed by atoms with Crippen LogP contribution in [0.1, 0.15) is 23.6 Å². The molecule has 168 valence electrons. The summed E-state index contributed by atoms with van der Waals surface area (Å²) in [5, 5.41) is 13.2. The molecule has 3 aromatic rings. The van der Waals surface area contributed by atoms with E-state index in [9.17, 15) is 10.1 Å². The molecule has 0 aromatic heterocycles. The quantitative estimate of drug-likeness (QED) is 0.217. The van der Waals surface area contributed by atoms with Crippen molar-refractivity contribution in [3.05, 3.63) is 95.9 Å². The molecule has 8 heteroatoms. The first-order valence-corrected chi connectivity index (χ1v) is 12.2. The highest BCUT2D eigenvalue weighted by atomic mass is 79.9. The van der Waals surface area contributed by atoms with Crippen LogP contribution < -0.4 is 10.1 Å². The number of benzene rings is 3. The Morgan fingerprint density at radius 2 is 1.67 bits per heavy atom. The highest BCUT2D eigenvalue weighted by molar-refractivity contribution is 9.11. The third-order valence-electron chi connectivity index (χ3n) is 4.68. The average Bonchev–Trinajstić information content (AvgIpc) is 2.79. The van der Waals surface area contributed by atoms with Crippen molar-refractivity contribution in [2.45, 2.75) is 20.0 Å². The number of halogens is 4. The smallest absolute Gasteiger partial charge is 0.266 e. The highest BCUT2D eigenvalue weighted by Crippen LogP contribution is 2.36. The molecule has 0 aliphatic rings. The largest absolute Gasteiger partial charge is 0.487 e. The third kappa shape index (κ3) is 6.84. The predicted molar refractivity (Wildman–Crippen MR) is 141 cm³/mol. The van der Waals surface area contributed by atoms with Gasteiger partial charge in [0.05, 0.1) is 19.0 Å². The molecule has 1 N–H and O–H groups in total. The molecule has 3 rings (SSSR count). The molecule has 0 saturated carbocycles. The summed E-state index contributed by atoms with van der Waals surface area (Å²) < 4.78 is 7.25. The van der Waals surface area contributed by atoms with Crippen molar-refractivity contribution in [1.29, 1.82) is 5.26 Å². The minimum absolute atomic E-state index is 0.0159. The molecule has 0 unspecified atom stereocenters. The van der Waals surface area contributed by atoms with E-state index in [1.165, 1.54) is 11.6 Å². The summed E-state index contributed by atoms with van der Waals surface area (Å²) >= 11 is 19.0. The molecule has 0 bridgehead atoms. The summed E-state index contributed by atoms with van der Waals surface area (Å²) in [6.45, 7) is 2.34. The number of anilines is 1. The molecule has 0 heterocycles. The number of hydrogen-bond donors (Lipinski definition) is 1. The van der Waals surface area contributed by atoms with Crippen molar-refractivity contribution in [2.24, 2.45) is 0 Å².